The zero-order valence-corrected chi connectivity index (χ0v) is 14.0. The second-order valence-corrected chi connectivity index (χ2v) is 5.32. The van der Waals surface area contributed by atoms with Gasteiger partial charge in [0, 0.05) is 14.8 Å². The van der Waals surface area contributed by atoms with Crippen LogP contribution in [0.1, 0.15) is 20.2 Å². The van der Waals surface area contributed by atoms with Crippen molar-refractivity contribution in [1.29, 1.82) is 0 Å². The fraction of sp³-hybridized carbons (Fsp3) is 0.316. The highest BCUT2D eigenvalue weighted by Gasteiger charge is 2.11. The van der Waals surface area contributed by atoms with Crippen LogP contribution in [0, 0.1) is 0 Å². The van der Waals surface area contributed by atoms with E-state index >= 15 is 0 Å². The van der Waals surface area contributed by atoms with Gasteiger partial charge in [0.25, 0.3) is 0 Å². The fourth-order valence-corrected chi connectivity index (χ4v) is 2.47. The second kappa shape index (κ2) is 8.71. The van der Waals surface area contributed by atoms with Crippen LogP contribution >= 0.6 is 12.4 Å². The lowest BCUT2D eigenvalue weighted by Gasteiger charge is -2.09. The minimum atomic E-state index is -2.69. The van der Waals surface area contributed by atoms with Crippen LogP contribution in [-0.2, 0) is 6.54 Å². The molecule has 1 aromatic heterocycles. The normalized spacial score (nSPS) is 15.5. The molecule has 4 nitrogen and oxygen atoms in total. The van der Waals surface area contributed by atoms with E-state index in [2.05, 4.69) is 5.10 Å². The van der Waals surface area contributed by atoms with Crippen molar-refractivity contribution in [2.45, 2.75) is 13.0 Å². The lowest BCUT2D eigenvalue weighted by atomic mass is 10.2. The van der Waals surface area contributed by atoms with Crippen molar-refractivity contribution in [2.24, 2.45) is 0 Å². The molecule has 0 aliphatic heterocycles. The molecule has 0 fully saturated rings. The summed E-state index contributed by atoms with van der Waals surface area (Å²) in [6.45, 7) is -4.74. The monoisotopic (exact) mass is 351 g/mol. The Morgan fingerprint density at radius 3 is 2.62 bits per heavy atom. The maximum Gasteiger partial charge on any atom is 0.240 e. The molecule has 128 valence electrons. The SMILES string of the molecule is Cl.[2H]C([2H])([2H])N(CCCOc1nn(Cc2ccccc2)c2ccccc12)C([2H])([2H])[2H]. The molecule has 0 atom stereocenters. The molecule has 0 amide bonds. The maximum atomic E-state index is 7.40. The topological polar surface area (TPSA) is 30.3 Å². The van der Waals surface area contributed by atoms with Crippen LogP contribution in [0.2, 0.25) is 0 Å². The largest absolute Gasteiger partial charge is 0.476 e. The van der Waals surface area contributed by atoms with Gasteiger partial charge in [-0.15, -0.1) is 17.5 Å². The third-order valence-corrected chi connectivity index (χ3v) is 3.56. The molecule has 0 aliphatic rings. The number of hydrogen-bond acceptors (Lipinski definition) is 3. The first-order valence-electron chi connectivity index (χ1n) is 10.6. The Balaban J connectivity index is 0.00000320. The quantitative estimate of drug-likeness (QED) is 0.606. The second-order valence-electron chi connectivity index (χ2n) is 5.32. The van der Waals surface area contributed by atoms with Crippen LogP contribution in [0.4, 0.5) is 0 Å². The molecule has 0 unspecified atom stereocenters. The van der Waals surface area contributed by atoms with Gasteiger partial charge in [-0.2, -0.15) is 0 Å². The average molecular weight is 352 g/mol. The number of nitrogens with zero attached hydrogens (tertiary/aromatic N) is 3. The summed E-state index contributed by atoms with van der Waals surface area (Å²) < 4.78 is 52.1. The molecule has 1 heterocycles. The molecule has 2 aromatic carbocycles. The number of fused-ring (bicyclic) bond motifs is 1. The Morgan fingerprint density at radius 1 is 1.08 bits per heavy atom. The van der Waals surface area contributed by atoms with Gasteiger partial charge in [-0.25, -0.2) is 0 Å². The van der Waals surface area contributed by atoms with E-state index in [0.29, 0.717) is 17.3 Å². The van der Waals surface area contributed by atoms with Crippen LogP contribution in [0.5, 0.6) is 5.88 Å². The molecule has 3 rings (SSSR count). The number of ether oxygens (including phenoxy) is 1. The van der Waals surface area contributed by atoms with Gasteiger partial charge in [0.05, 0.1) is 24.1 Å². The standard InChI is InChI=1S/C19H23N3O.ClH/c1-21(2)13-8-14-23-19-17-11-6-7-12-18(17)22(20-19)15-16-9-4-3-5-10-16;/h3-7,9-12H,8,13-15H2,1-2H3;1H/i1D3,2D3;. The summed E-state index contributed by atoms with van der Waals surface area (Å²) in [6, 6.07) is 17.7. The van der Waals surface area contributed by atoms with Crippen molar-refractivity contribution < 1.29 is 13.0 Å². The summed E-state index contributed by atoms with van der Waals surface area (Å²) in [4.78, 5) is 0.537. The number of benzene rings is 2. The molecule has 0 spiro atoms. The molecule has 0 saturated carbocycles. The van der Waals surface area contributed by atoms with Gasteiger partial charge in [-0.05, 0) is 38.1 Å². The predicted molar refractivity (Wildman–Crippen MR) is 101 cm³/mol. The molecular weight excluding hydrogens is 322 g/mol. The summed E-state index contributed by atoms with van der Waals surface area (Å²) in [5.74, 6) is 0.450. The number of rotatable bonds is 7. The number of halogens is 1. The average Bonchev–Trinajstić information content (AvgIpc) is 2.98. The minimum absolute atomic E-state index is 0. The third-order valence-electron chi connectivity index (χ3n) is 3.56. The highest BCUT2D eigenvalue weighted by atomic mass is 35.5. The predicted octanol–water partition coefficient (Wildman–Crippen LogP) is 3.84. The molecule has 0 aliphatic carbocycles. The Labute approximate surface area is 157 Å². The van der Waals surface area contributed by atoms with Crippen molar-refractivity contribution in [3.8, 4) is 5.88 Å². The maximum absolute atomic E-state index is 7.40. The fourth-order valence-electron chi connectivity index (χ4n) is 2.47. The zero-order chi connectivity index (χ0) is 21.1. The van der Waals surface area contributed by atoms with Gasteiger partial charge < -0.3 is 9.64 Å². The molecule has 0 saturated heterocycles. The molecule has 5 heteroatoms. The third kappa shape index (κ3) is 4.49. The van der Waals surface area contributed by atoms with E-state index in [1.54, 1.807) is 0 Å². The Morgan fingerprint density at radius 2 is 1.83 bits per heavy atom. The molecule has 24 heavy (non-hydrogen) atoms. The van der Waals surface area contributed by atoms with E-state index in [1.807, 2.05) is 59.3 Å². The van der Waals surface area contributed by atoms with Gasteiger partial charge in [0.15, 0.2) is 0 Å². The van der Waals surface area contributed by atoms with Gasteiger partial charge in [0.1, 0.15) is 0 Å². The molecule has 0 radical (unpaired) electrons. The van der Waals surface area contributed by atoms with E-state index in [9.17, 15) is 0 Å². The van der Waals surface area contributed by atoms with Gasteiger partial charge in [-0.3, -0.25) is 4.68 Å². The molecular formula is C19H24ClN3O. The number of hydrogen-bond donors (Lipinski definition) is 0. The molecule has 0 bridgehead atoms. The first-order valence-corrected chi connectivity index (χ1v) is 7.56. The van der Waals surface area contributed by atoms with E-state index in [-0.39, 0.29) is 32.0 Å². The van der Waals surface area contributed by atoms with E-state index in [0.717, 1.165) is 16.5 Å². The minimum Gasteiger partial charge on any atom is -0.476 e. The molecule has 0 N–H and O–H groups in total. The smallest absolute Gasteiger partial charge is 0.240 e. The van der Waals surface area contributed by atoms with Crippen LogP contribution in [0.3, 0.4) is 0 Å². The van der Waals surface area contributed by atoms with E-state index in [4.69, 9.17) is 13.0 Å². The van der Waals surface area contributed by atoms with Crippen LogP contribution in [0.15, 0.2) is 54.6 Å². The zero-order valence-electron chi connectivity index (χ0n) is 19.2. The van der Waals surface area contributed by atoms with E-state index < -0.39 is 14.0 Å². The van der Waals surface area contributed by atoms with Gasteiger partial charge in [-0.1, -0.05) is 42.5 Å². The van der Waals surface area contributed by atoms with Crippen molar-refractivity contribution >= 4 is 23.3 Å². The van der Waals surface area contributed by atoms with Crippen LogP contribution in [-0.4, -0.2) is 41.8 Å². The van der Waals surface area contributed by atoms with Crippen molar-refractivity contribution in [3.05, 3.63) is 60.2 Å². The lowest BCUT2D eigenvalue weighted by Crippen LogP contribution is -2.15. The van der Waals surface area contributed by atoms with Crippen LogP contribution < -0.4 is 4.74 Å². The highest BCUT2D eigenvalue weighted by Crippen LogP contribution is 2.25. The van der Waals surface area contributed by atoms with Crippen molar-refractivity contribution in [3.63, 3.8) is 0 Å². The van der Waals surface area contributed by atoms with Crippen molar-refractivity contribution in [2.75, 3.05) is 27.1 Å². The Hall–Kier alpha value is -2.04. The van der Waals surface area contributed by atoms with Gasteiger partial charge in [0.2, 0.25) is 5.88 Å². The Kier molecular flexibility index (Phi) is 4.18. The van der Waals surface area contributed by atoms with Crippen molar-refractivity contribution in [1.82, 2.24) is 14.7 Å². The first kappa shape index (κ1) is 11.5. The summed E-state index contributed by atoms with van der Waals surface area (Å²) in [5.41, 5.74) is 2.04. The Bertz CT molecular complexity index is 929. The summed E-state index contributed by atoms with van der Waals surface area (Å²) in [5, 5.41) is 5.41. The highest BCUT2D eigenvalue weighted by molar-refractivity contribution is 5.85. The summed E-state index contributed by atoms with van der Waals surface area (Å²) in [7, 11) is 0. The van der Waals surface area contributed by atoms with Gasteiger partial charge >= 0.3 is 0 Å². The summed E-state index contributed by atoms with van der Waals surface area (Å²) in [6.07, 6.45) is 0.247. The molecule has 3 aromatic rings. The lowest BCUT2D eigenvalue weighted by molar-refractivity contribution is 0.273. The van der Waals surface area contributed by atoms with Crippen LogP contribution in [0.25, 0.3) is 10.9 Å². The van der Waals surface area contributed by atoms with E-state index in [1.165, 1.54) is 0 Å². The first-order chi connectivity index (χ1) is 13.7. The number of aromatic nitrogens is 2. The summed E-state index contributed by atoms with van der Waals surface area (Å²) >= 11 is 0. The number of para-hydroxylation sites is 1.